The van der Waals surface area contributed by atoms with Crippen molar-refractivity contribution in [1.82, 2.24) is 19.3 Å². The SMILES string of the molecule is C[C@H]1[C@H](NC(=O)/C(=N\O[C@@H](COc2ccc3c(c2)c[n+](C)n3CCCN)C(=O)[O-])c2csc(N)n2)C(=O)N1S(=O)(=O)O. The number of rotatable bonds is 13. The summed E-state index contributed by atoms with van der Waals surface area (Å²) in [4.78, 5) is 46.0. The number of carbonyl (C=O) groups is 3. The molecular weight excluding hydrogens is 596 g/mol. The van der Waals surface area contributed by atoms with Gasteiger partial charge in [0.1, 0.15) is 29.6 Å². The largest absolute Gasteiger partial charge is 0.546 e. The number of carboxylic acid groups (broad SMARTS) is 1. The second-order valence-electron chi connectivity index (χ2n) is 9.23. The zero-order valence-electron chi connectivity index (χ0n) is 22.4. The summed E-state index contributed by atoms with van der Waals surface area (Å²) in [5, 5.41) is 19.9. The lowest BCUT2D eigenvalue weighted by molar-refractivity contribution is -0.751. The van der Waals surface area contributed by atoms with Crippen LogP contribution in [0.15, 0.2) is 34.9 Å². The van der Waals surface area contributed by atoms with E-state index in [1.54, 1.807) is 12.1 Å². The minimum Gasteiger partial charge on any atom is -0.546 e. The van der Waals surface area contributed by atoms with Gasteiger partial charge in [0, 0.05) is 5.38 Å². The Kier molecular flexibility index (Phi) is 8.95. The first-order valence-corrected chi connectivity index (χ1v) is 14.7. The average molecular weight is 625 g/mol. The summed E-state index contributed by atoms with van der Waals surface area (Å²) in [7, 11) is -2.94. The van der Waals surface area contributed by atoms with Gasteiger partial charge in [-0.25, -0.2) is 9.29 Å². The number of fused-ring (bicyclic) bond motifs is 1. The second-order valence-corrected chi connectivity index (χ2v) is 11.4. The van der Waals surface area contributed by atoms with E-state index in [4.69, 9.17) is 25.6 Å². The van der Waals surface area contributed by atoms with Crippen molar-refractivity contribution < 1.29 is 46.7 Å². The summed E-state index contributed by atoms with van der Waals surface area (Å²) in [6.45, 7) is 1.98. The van der Waals surface area contributed by atoms with E-state index in [0.717, 1.165) is 28.7 Å². The normalized spacial score (nSPS) is 18.0. The average Bonchev–Trinajstić information content (AvgIpc) is 3.48. The Balaban J connectivity index is 1.49. The summed E-state index contributed by atoms with van der Waals surface area (Å²) in [5.41, 5.74) is 11.5. The smallest absolute Gasteiger partial charge is 0.362 e. The Bertz CT molecular complexity index is 1650. The molecule has 1 saturated heterocycles. The molecule has 3 heterocycles. The third-order valence-corrected chi connectivity index (χ3v) is 8.03. The highest BCUT2D eigenvalue weighted by molar-refractivity contribution is 7.84. The minimum atomic E-state index is -4.82. The number of oxime groups is 1. The molecule has 17 nitrogen and oxygen atoms in total. The Labute approximate surface area is 243 Å². The summed E-state index contributed by atoms with van der Waals surface area (Å²) < 4.78 is 41.6. The van der Waals surface area contributed by atoms with Gasteiger partial charge in [0.15, 0.2) is 24.0 Å². The van der Waals surface area contributed by atoms with Crippen molar-refractivity contribution in [3.63, 3.8) is 0 Å². The molecule has 6 N–H and O–H groups in total. The molecule has 1 aromatic carbocycles. The van der Waals surface area contributed by atoms with Crippen LogP contribution in [0.1, 0.15) is 19.0 Å². The van der Waals surface area contributed by atoms with Crippen molar-refractivity contribution >= 4 is 61.2 Å². The Morgan fingerprint density at radius 2 is 2.12 bits per heavy atom. The summed E-state index contributed by atoms with van der Waals surface area (Å²) in [6.07, 6.45) is 0.889. The molecule has 2 amide bonds. The van der Waals surface area contributed by atoms with Crippen LogP contribution in [0.25, 0.3) is 10.9 Å². The van der Waals surface area contributed by atoms with E-state index in [1.807, 2.05) is 28.7 Å². The van der Waals surface area contributed by atoms with E-state index in [-0.39, 0.29) is 15.1 Å². The molecule has 19 heteroatoms. The first kappa shape index (κ1) is 30.6. The highest BCUT2D eigenvalue weighted by atomic mass is 32.2. The maximum Gasteiger partial charge on any atom is 0.362 e. The van der Waals surface area contributed by atoms with Crippen LogP contribution >= 0.6 is 11.3 Å². The van der Waals surface area contributed by atoms with Crippen LogP contribution < -0.4 is 31.3 Å². The number of aryl methyl sites for hydroxylation is 2. The number of carbonyl (C=O) groups excluding carboxylic acids is 3. The van der Waals surface area contributed by atoms with Gasteiger partial charge in [0.25, 0.3) is 11.8 Å². The topological polar surface area (TPSA) is 248 Å². The molecule has 0 bridgehead atoms. The lowest BCUT2D eigenvalue weighted by Crippen LogP contribution is -2.71. The molecule has 0 saturated carbocycles. The molecule has 0 unspecified atom stereocenters. The van der Waals surface area contributed by atoms with Crippen LogP contribution in [-0.4, -0.2) is 81.8 Å². The van der Waals surface area contributed by atoms with Crippen molar-refractivity contribution in [3.05, 3.63) is 35.5 Å². The number of amides is 2. The number of nitrogen functional groups attached to an aromatic ring is 1. The molecule has 1 fully saturated rings. The molecule has 4 rings (SSSR count). The predicted octanol–water partition coefficient (Wildman–Crippen LogP) is -2.71. The summed E-state index contributed by atoms with van der Waals surface area (Å²) >= 11 is 0.949. The molecule has 0 spiro atoms. The van der Waals surface area contributed by atoms with Crippen molar-refractivity contribution in [1.29, 1.82) is 0 Å². The fraction of sp³-hybridized carbons (Fsp3) is 0.391. The lowest BCUT2D eigenvalue weighted by Gasteiger charge is -2.42. The summed E-state index contributed by atoms with van der Waals surface area (Å²) in [5.74, 6) is -3.49. The zero-order chi connectivity index (χ0) is 30.8. The number of hydrogen-bond donors (Lipinski definition) is 4. The molecule has 42 heavy (non-hydrogen) atoms. The van der Waals surface area contributed by atoms with Gasteiger partial charge in [-0.1, -0.05) is 5.16 Å². The number of thiazole rings is 1. The van der Waals surface area contributed by atoms with Crippen molar-refractivity contribution in [2.45, 2.75) is 38.1 Å². The first-order chi connectivity index (χ1) is 19.8. The van der Waals surface area contributed by atoms with E-state index in [0.29, 0.717) is 18.8 Å². The number of aliphatic carboxylic acids is 1. The van der Waals surface area contributed by atoms with Gasteiger partial charge < -0.3 is 36.3 Å². The fourth-order valence-corrected chi connectivity index (χ4v) is 5.70. The second kappa shape index (κ2) is 12.3. The molecule has 2 aromatic heterocycles. The minimum absolute atomic E-state index is 0.0524. The number of anilines is 1. The number of ether oxygens (including phenoxy) is 1. The van der Waals surface area contributed by atoms with Gasteiger partial charge in [0.2, 0.25) is 6.20 Å². The van der Waals surface area contributed by atoms with Gasteiger partial charge in [-0.3, -0.25) is 14.1 Å². The van der Waals surface area contributed by atoms with E-state index < -0.39 is 58.6 Å². The number of nitrogens with zero attached hydrogens (tertiary/aromatic N) is 5. The molecule has 3 aromatic rings. The number of nitrogens with two attached hydrogens (primary N) is 2. The van der Waals surface area contributed by atoms with E-state index in [9.17, 15) is 27.9 Å². The Morgan fingerprint density at radius 3 is 2.71 bits per heavy atom. The quantitative estimate of drug-likeness (QED) is 0.0498. The summed E-state index contributed by atoms with van der Waals surface area (Å²) in [6, 6.07) is 2.74. The third-order valence-electron chi connectivity index (χ3n) is 6.34. The van der Waals surface area contributed by atoms with Crippen molar-refractivity contribution in [3.8, 4) is 5.75 Å². The predicted molar refractivity (Wildman–Crippen MR) is 145 cm³/mol. The zero-order valence-corrected chi connectivity index (χ0v) is 24.0. The molecule has 0 aliphatic carbocycles. The standard InChI is InChI=1S/C23H28N8O9S2/c1-12-18(21(33)31(12)42(36,37)38)27-20(32)19(15-11-41-23(25)26-15)28-40-17(22(34)35)10-39-14-4-5-16-13(8-14)9-29(2)30(16)7-3-6-24/h4-5,8-9,11-12,17-18H,3,6-7,10,24H2,1-2H3,(H4-,25,26,27,32,34,35,36,37,38)/b28-19-/t12-,17-,18-/m0/s1. The molecular formula is C23H28N8O9S2. The number of β-lactam (4-membered cyclic amide) rings is 1. The molecule has 1 aliphatic rings. The van der Waals surface area contributed by atoms with Crippen LogP contribution in [0.5, 0.6) is 5.75 Å². The highest BCUT2D eigenvalue weighted by Crippen LogP contribution is 2.24. The van der Waals surface area contributed by atoms with Gasteiger partial charge >= 0.3 is 10.3 Å². The Morgan fingerprint density at radius 1 is 1.38 bits per heavy atom. The van der Waals surface area contributed by atoms with Gasteiger partial charge in [-0.05, 0) is 38.1 Å². The van der Waals surface area contributed by atoms with E-state index in [1.165, 1.54) is 12.3 Å². The number of hydrogen-bond acceptors (Lipinski definition) is 13. The fourth-order valence-electron chi connectivity index (χ4n) is 4.26. The molecule has 0 radical (unpaired) electrons. The number of carboxylic acids is 1. The van der Waals surface area contributed by atoms with Crippen molar-refractivity contribution in [2.24, 2.45) is 17.9 Å². The van der Waals surface area contributed by atoms with E-state index >= 15 is 0 Å². The van der Waals surface area contributed by atoms with Gasteiger partial charge in [-0.15, -0.1) is 16.0 Å². The van der Waals surface area contributed by atoms with Crippen LogP contribution in [-0.2, 0) is 43.1 Å². The van der Waals surface area contributed by atoms with Crippen LogP contribution in [0.3, 0.4) is 0 Å². The number of aromatic nitrogens is 3. The maximum atomic E-state index is 13.0. The first-order valence-electron chi connectivity index (χ1n) is 12.4. The monoisotopic (exact) mass is 624 g/mol. The third kappa shape index (κ3) is 6.43. The molecule has 226 valence electrons. The molecule has 1 aliphatic heterocycles. The number of benzene rings is 1. The lowest BCUT2D eigenvalue weighted by atomic mass is 10.0. The van der Waals surface area contributed by atoms with Gasteiger partial charge in [-0.2, -0.15) is 13.1 Å². The van der Waals surface area contributed by atoms with Crippen LogP contribution in [0.2, 0.25) is 0 Å². The van der Waals surface area contributed by atoms with E-state index in [2.05, 4.69) is 15.5 Å². The highest BCUT2D eigenvalue weighted by Gasteiger charge is 2.51. The Hall–Kier alpha value is -4.33. The van der Waals surface area contributed by atoms with Crippen LogP contribution in [0, 0.1) is 0 Å². The van der Waals surface area contributed by atoms with Gasteiger partial charge in [0.05, 0.1) is 23.9 Å². The molecule has 3 atom stereocenters. The maximum absolute atomic E-state index is 13.0. The number of nitrogens with one attached hydrogen (secondary N) is 1. The van der Waals surface area contributed by atoms with Crippen molar-refractivity contribution in [2.75, 3.05) is 18.9 Å². The van der Waals surface area contributed by atoms with Crippen LogP contribution in [0.4, 0.5) is 5.13 Å².